The van der Waals surface area contributed by atoms with Gasteiger partial charge in [-0.2, -0.15) is 0 Å². The Hall–Kier alpha value is -2.68. The molecule has 0 saturated carbocycles. The van der Waals surface area contributed by atoms with Crippen molar-refractivity contribution in [1.82, 2.24) is 0 Å². The summed E-state index contributed by atoms with van der Waals surface area (Å²) >= 11 is 0. The molecule has 0 saturated heterocycles. The van der Waals surface area contributed by atoms with Crippen LogP contribution in [0.2, 0.25) is 0 Å². The smallest absolute Gasteiger partial charge is 0.322 e. The second-order valence-corrected chi connectivity index (χ2v) is 5.57. The van der Waals surface area contributed by atoms with Crippen LogP contribution in [0.4, 0.5) is 0 Å². The summed E-state index contributed by atoms with van der Waals surface area (Å²) in [4.78, 5) is 25.4. The molecule has 23 heavy (non-hydrogen) atoms. The predicted octanol–water partition coefficient (Wildman–Crippen LogP) is 3.86. The van der Waals surface area contributed by atoms with E-state index in [0.717, 1.165) is 5.56 Å². The fourth-order valence-corrected chi connectivity index (χ4v) is 3.05. The quantitative estimate of drug-likeness (QED) is 0.629. The lowest BCUT2D eigenvalue weighted by molar-refractivity contribution is -0.150. The second-order valence-electron chi connectivity index (χ2n) is 5.57. The molecule has 1 aromatic rings. The molecular weight excluding hydrogens is 288 g/mol. The maximum atomic E-state index is 12.9. The van der Waals surface area contributed by atoms with Gasteiger partial charge in [-0.1, -0.05) is 61.6 Å². The highest BCUT2D eigenvalue weighted by molar-refractivity contribution is 6.13. The molecule has 0 aromatic heterocycles. The van der Waals surface area contributed by atoms with Gasteiger partial charge in [-0.3, -0.25) is 9.59 Å². The molecule has 2 aliphatic rings. The average Bonchev–Trinajstić information content (AvgIpc) is 2.54. The Bertz CT molecular complexity index is 735. The van der Waals surface area contributed by atoms with Crippen molar-refractivity contribution in [2.45, 2.75) is 19.3 Å². The molecule has 3 rings (SSSR count). The molecule has 0 fully saturated rings. The van der Waals surface area contributed by atoms with Gasteiger partial charge in [0.1, 0.15) is 11.7 Å². The number of esters is 1. The fourth-order valence-electron chi connectivity index (χ4n) is 3.05. The maximum Gasteiger partial charge on any atom is 0.322 e. The topological polar surface area (TPSA) is 43.4 Å². The van der Waals surface area contributed by atoms with Crippen LogP contribution in [0.1, 0.15) is 24.8 Å². The molecule has 1 aliphatic heterocycles. The van der Waals surface area contributed by atoms with Crippen LogP contribution in [0.25, 0.3) is 0 Å². The summed E-state index contributed by atoms with van der Waals surface area (Å²) in [5.74, 6) is -1.26. The lowest BCUT2D eigenvalue weighted by Gasteiger charge is -2.28. The number of benzene rings is 1. The highest BCUT2D eigenvalue weighted by Crippen LogP contribution is 2.36. The van der Waals surface area contributed by atoms with Gasteiger partial charge < -0.3 is 4.74 Å². The van der Waals surface area contributed by atoms with Crippen LogP contribution in [0.15, 0.2) is 78.1 Å². The summed E-state index contributed by atoms with van der Waals surface area (Å²) in [5, 5.41) is 0. The number of carbonyl (C=O) groups is 2. The van der Waals surface area contributed by atoms with Crippen LogP contribution in [-0.4, -0.2) is 11.8 Å². The van der Waals surface area contributed by atoms with Crippen LogP contribution < -0.4 is 0 Å². The zero-order valence-electron chi connectivity index (χ0n) is 12.9. The Labute approximate surface area is 135 Å². The summed E-state index contributed by atoms with van der Waals surface area (Å²) in [7, 11) is 0. The average molecular weight is 306 g/mol. The van der Waals surface area contributed by atoms with E-state index in [0.29, 0.717) is 17.8 Å². The zero-order valence-corrected chi connectivity index (χ0v) is 12.9. The van der Waals surface area contributed by atoms with Crippen LogP contribution >= 0.6 is 0 Å². The number of hydrogen-bond donors (Lipinski definition) is 0. The number of ketones is 1. The van der Waals surface area contributed by atoms with Gasteiger partial charge in [0.15, 0.2) is 5.78 Å². The predicted molar refractivity (Wildman–Crippen MR) is 88.5 cm³/mol. The number of carbonyl (C=O) groups excluding carboxylic acids is 2. The van der Waals surface area contributed by atoms with E-state index in [4.69, 9.17) is 4.74 Å². The van der Waals surface area contributed by atoms with Crippen molar-refractivity contribution in [2.24, 2.45) is 5.92 Å². The van der Waals surface area contributed by atoms with Crippen molar-refractivity contribution in [1.29, 1.82) is 0 Å². The summed E-state index contributed by atoms with van der Waals surface area (Å²) < 4.78 is 5.46. The van der Waals surface area contributed by atoms with E-state index in [1.807, 2.05) is 49.4 Å². The van der Waals surface area contributed by atoms with E-state index in [-0.39, 0.29) is 11.7 Å². The zero-order chi connectivity index (χ0) is 16.2. The summed E-state index contributed by atoms with van der Waals surface area (Å²) in [6, 6.07) is 9.67. The highest BCUT2D eigenvalue weighted by atomic mass is 16.5. The number of ether oxygens (including phenoxy) is 1. The first-order valence-corrected chi connectivity index (χ1v) is 7.79. The first kappa shape index (κ1) is 15.2. The van der Waals surface area contributed by atoms with Gasteiger partial charge in [-0.05, 0) is 24.1 Å². The van der Waals surface area contributed by atoms with Crippen molar-refractivity contribution >= 4 is 11.8 Å². The molecule has 0 amide bonds. The van der Waals surface area contributed by atoms with Crippen molar-refractivity contribution in [3.05, 3.63) is 83.7 Å². The molecule has 1 aliphatic carbocycles. The van der Waals surface area contributed by atoms with E-state index in [1.54, 1.807) is 24.3 Å². The molecule has 0 spiro atoms. The van der Waals surface area contributed by atoms with Crippen LogP contribution in [0, 0.1) is 5.92 Å². The van der Waals surface area contributed by atoms with Gasteiger partial charge in [0.25, 0.3) is 0 Å². The lowest BCUT2D eigenvalue weighted by Crippen LogP contribution is -2.36. The Balaban J connectivity index is 2.01. The Kier molecular flexibility index (Phi) is 4.38. The van der Waals surface area contributed by atoms with Crippen molar-refractivity contribution in [3.8, 4) is 0 Å². The minimum absolute atomic E-state index is 0.164. The van der Waals surface area contributed by atoms with Gasteiger partial charge in [-0.15, -0.1) is 0 Å². The Morgan fingerprint density at radius 1 is 1.00 bits per heavy atom. The number of rotatable bonds is 3. The lowest BCUT2D eigenvalue weighted by atomic mass is 9.78. The van der Waals surface area contributed by atoms with E-state index in [9.17, 15) is 9.59 Å². The molecule has 116 valence electrons. The normalized spacial score (nSPS) is 25.7. The summed E-state index contributed by atoms with van der Waals surface area (Å²) in [6.07, 6.45) is 11.3. The summed E-state index contributed by atoms with van der Waals surface area (Å²) in [6.45, 7) is 1.98. The molecule has 1 heterocycles. The monoisotopic (exact) mass is 306 g/mol. The van der Waals surface area contributed by atoms with Crippen LogP contribution in [-0.2, 0) is 14.3 Å². The third kappa shape index (κ3) is 2.95. The largest absolute Gasteiger partial charge is 0.425 e. The van der Waals surface area contributed by atoms with E-state index < -0.39 is 11.9 Å². The third-order valence-electron chi connectivity index (χ3n) is 4.19. The molecule has 1 aromatic carbocycles. The number of allylic oxidation sites excluding steroid dienone is 7. The van der Waals surface area contributed by atoms with Gasteiger partial charge in [0, 0.05) is 5.92 Å². The third-order valence-corrected chi connectivity index (χ3v) is 4.19. The minimum atomic E-state index is -0.789. The van der Waals surface area contributed by atoms with Gasteiger partial charge in [0.2, 0.25) is 0 Å². The van der Waals surface area contributed by atoms with Gasteiger partial charge in [0.05, 0.1) is 5.57 Å². The molecule has 3 nitrogen and oxygen atoms in total. The standard InChI is InChI=1S/C20H18O3/c1-2-15(14-10-6-5-7-11-14)18-19(21)16-12-8-3-4-9-13-17(16)23-20(18)22/h3-13,15,18H,2H2,1H3/b4-3-,8-3?,9-4?,12-8-,13-9-,16-12?,17-13?. The fraction of sp³-hybridized carbons (Fsp3) is 0.200. The highest BCUT2D eigenvalue weighted by Gasteiger charge is 2.41. The molecule has 3 heteroatoms. The van der Waals surface area contributed by atoms with Crippen molar-refractivity contribution in [3.63, 3.8) is 0 Å². The first-order chi connectivity index (χ1) is 11.2. The summed E-state index contributed by atoms with van der Waals surface area (Å²) in [5.41, 5.74) is 1.45. The second kappa shape index (κ2) is 6.61. The van der Waals surface area contributed by atoms with Crippen molar-refractivity contribution < 1.29 is 14.3 Å². The molecule has 0 radical (unpaired) electrons. The van der Waals surface area contributed by atoms with E-state index in [2.05, 4.69) is 0 Å². The molecule has 0 N–H and O–H groups in total. The van der Waals surface area contributed by atoms with Crippen LogP contribution in [0.3, 0.4) is 0 Å². The molecule has 0 bridgehead atoms. The number of Topliss-reactive ketones (excluding diaryl/α,β-unsaturated/α-hetero) is 1. The maximum absolute atomic E-state index is 12.9. The van der Waals surface area contributed by atoms with Gasteiger partial charge in [-0.25, -0.2) is 0 Å². The molecule has 2 unspecified atom stereocenters. The van der Waals surface area contributed by atoms with E-state index >= 15 is 0 Å². The molecule has 2 atom stereocenters. The minimum Gasteiger partial charge on any atom is -0.425 e. The Morgan fingerprint density at radius 3 is 2.39 bits per heavy atom. The SMILES string of the molecule is CCC(c1ccccc1)C1C(=O)OC2=C(\C=C/C=C\C=C/2)C1=O. The molecular formula is C20H18O3. The number of hydrogen-bond acceptors (Lipinski definition) is 3. The first-order valence-electron chi connectivity index (χ1n) is 7.79. The van der Waals surface area contributed by atoms with Crippen LogP contribution in [0.5, 0.6) is 0 Å². The van der Waals surface area contributed by atoms with Crippen molar-refractivity contribution in [2.75, 3.05) is 0 Å². The van der Waals surface area contributed by atoms with E-state index in [1.165, 1.54) is 0 Å². The Morgan fingerprint density at radius 2 is 1.70 bits per heavy atom. The van der Waals surface area contributed by atoms with Gasteiger partial charge >= 0.3 is 5.97 Å².